The summed E-state index contributed by atoms with van der Waals surface area (Å²) in [5, 5.41) is 0. The van der Waals surface area contributed by atoms with Crippen molar-refractivity contribution in [2.75, 3.05) is 0 Å². The lowest BCUT2D eigenvalue weighted by atomic mass is 10.2. The summed E-state index contributed by atoms with van der Waals surface area (Å²) in [6, 6.07) is 4.83. The highest BCUT2D eigenvalue weighted by Gasteiger charge is 2.25. The number of halogens is 1. The van der Waals surface area contributed by atoms with Crippen molar-refractivity contribution in [2.45, 2.75) is 25.7 Å². The first-order chi connectivity index (χ1) is 7.74. The second-order valence-corrected chi connectivity index (χ2v) is 4.41. The first-order valence-corrected chi connectivity index (χ1v) is 5.54. The van der Waals surface area contributed by atoms with Crippen molar-refractivity contribution in [3.05, 3.63) is 47.8 Å². The molecule has 82 valence electrons. The summed E-state index contributed by atoms with van der Waals surface area (Å²) < 4.78 is 15.0. The van der Waals surface area contributed by atoms with Gasteiger partial charge in [-0.25, -0.2) is 9.37 Å². The number of aromatic nitrogens is 2. The highest BCUT2D eigenvalue weighted by atomic mass is 19.1. The molecule has 0 N–H and O–H groups in total. The molecule has 2 aromatic rings. The molecule has 1 aromatic carbocycles. The van der Waals surface area contributed by atoms with Gasteiger partial charge in [0.1, 0.15) is 5.82 Å². The Morgan fingerprint density at radius 3 is 2.88 bits per heavy atom. The van der Waals surface area contributed by atoms with Crippen LogP contribution in [0.4, 0.5) is 4.39 Å². The maximum absolute atomic E-state index is 13.0. The van der Waals surface area contributed by atoms with Crippen molar-refractivity contribution in [1.29, 1.82) is 0 Å². The molecular formula is C13H13FN2. The van der Waals surface area contributed by atoms with E-state index in [2.05, 4.69) is 11.2 Å². The minimum absolute atomic E-state index is 0.191. The molecule has 1 heterocycles. The maximum Gasteiger partial charge on any atom is 0.123 e. The summed E-state index contributed by atoms with van der Waals surface area (Å²) in [7, 11) is 0. The summed E-state index contributed by atoms with van der Waals surface area (Å²) >= 11 is 0. The minimum atomic E-state index is -0.191. The molecule has 0 spiro atoms. The van der Waals surface area contributed by atoms with Crippen LogP contribution in [0.5, 0.6) is 0 Å². The highest BCUT2D eigenvalue weighted by molar-refractivity contribution is 5.41. The zero-order valence-electron chi connectivity index (χ0n) is 9.15. The van der Waals surface area contributed by atoms with Gasteiger partial charge in [-0.15, -0.1) is 0 Å². The minimum Gasteiger partial charge on any atom is -0.306 e. The first-order valence-electron chi connectivity index (χ1n) is 5.54. The molecule has 0 radical (unpaired) electrons. The second kappa shape index (κ2) is 3.44. The fourth-order valence-corrected chi connectivity index (χ4v) is 1.97. The van der Waals surface area contributed by atoms with Crippen molar-refractivity contribution >= 4 is 0 Å². The molecule has 3 rings (SSSR count). The van der Waals surface area contributed by atoms with Gasteiger partial charge in [0.25, 0.3) is 0 Å². The Kier molecular flexibility index (Phi) is 2.06. The van der Waals surface area contributed by atoms with Crippen LogP contribution in [0.15, 0.2) is 30.7 Å². The summed E-state index contributed by atoms with van der Waals surface area (Å²) in [5.74, 6) is 0.464. The van der Waals surface area contributed by atoms with Crippen molar-refractivity contribution in [2.24, 2.45) is 0 Å². The van der Waals surface area contributed by atoms with Crippen molar-refractivity contribution < 1.29 is 4.39 Å². The Balaban J connectivity index is 2.00. The van der Waals surface area contributed by atoms with E-state index in [0.717, 1.165) is 16.9 Å². The average Bonchev–Trinajstić information content (AvgIpc) is 2.98. The zero-order valence-corrected chi connectivity index (χ0v) is 9.15. The van der Waals surface area contributed by atoms with Crippen LogP contribution < -0.4 is 0 Å². The molecule has 0 amide bonds. The standard InChI is InChI=1S/C13H13FN2/c1-9-6-11(14)4-5-13(9)16-7-12(15-8-16)10-2-3-10/h4-8,10H,2-3H2,1H3. The van der Waals surface area contributed by atoms with Gasteiger partial charge in [0, 0.05) is 17.8 Å². The molecule has 3 heteroatoms. The van der Waals surface area contributed by atoms with Crippen LogP contribution in [-0.2, 0) is 0 Å². The van der Waals surface area contributed by atoms with Crippen LogP contribution in [0, 0.1) is 12.7 Å². The SMILES string of the molecule is Cc1cc(F)ccc1-n1cnc(C2CC2)c1. The number of benzene rings is 1. The fraction of sp³-hybridized carbons (Fsp3) is 0.308. The van der Waals surface area contributed by atoms with Gasteiger partial charge in [0.15, 0.2) is 0 Å². The molecular weight excluding hydrogens is 203 g/mol. The van der Waals surface area contributed by atoms with Crippen LogP contribution in [0.1, 0.15) is 30.0 Å². The number of aryl methyl sites for hydroxylation is 1. The number of nitrogens with zero attached hydrogens (tertiary/aromatic N) is 2. The average molecular weight is 216 g/mol. The van der Waals surface area contributed by atoms with Crippen molar-refractivity contribution in [3.63, 3.8) is 0 Å². The third-order valence-electron chi connectivity index (χ3n) is 3.04. The smallest absolute Gasteiger partial charge is 0.123 e. The summed E-state index contributed by atoms with van der Waals surface area (Å²) in [5.41, 5.74) is 3.09. The number of hydrogen-bond acceptors (Lipinski definition) is 1. The number of rotatable bonds is 2. The van der Waals surface area contributed by atoms with E-state index in [-0.39, 0.29) is 5.82 Å². The van der Waals surface area contributed by atoms with Gasteiger partial charge in [-0.2, -0.15) is 0 Å². The van der Waals surface area contributed by atoms with Gasteiger partial charge < -0.3 is 4.57 Å². The highest BCUT2D eigenvalue weighted by Crippen LogP contribution is 2.39. The Bertz CT molecular complexity index is 526. The molecule has 1 fully saturated rings. The molecule has 0 atom stereocenters. The monoisotopic (exact) mass is 216 g/mol. The van der Waals surface area contributed by atoms with Gasteiger partial charge >= 0.3 is 0 Å². The van der Waals surface area contributed by atoms with E-state index in [1.165, 1.54) is 18.9 Å². The van der Waals surface area contributed by atoms with Gasteiger partial charge in [-0.1, -0.05) is 0 Å². The van der Waals surface area contributed by atoms with Gasteiger partial charge in [-0.3, -0.25) is 0 Å². The zero-order chi connectivity index (χ0) is 11.1. The van der Waals surface area contributed by atoms with Crippen LogP contribution in [-0.4, -0.2) is 9.55 Å². The Labute approximate surface area is 93.7 Å². The lowest BCUT2D eigenvalue weighted by Crippen LogP contribution is -1.94. The molecule has 0 unspecified atom stereocenters. The topological polar surface area (TPSA) is 17.8 Å². The Hall–Kier alpha value is -1.64. The van der Waals surface area contributed by atoms with Crippen LogP contribution in [0.3, 0.4) is 0 Å². The van der Waals surface area contributed by atoms with Gasteiger partial charge in [0.05, 0.1) is 12.0 Å². The lowest BCUT2D eigenvalue weighted by Gasteiger charge is -2.05. The van der Waals surface area contributed by atoms with Gasteiger partial charge in [0.2, 0.25) is 0 Å². The van der Waals surface area contributed by atoms with E-state index in [1.54, 1.807) is 12.1 Å². The Morgan fingerprint density at radius 2 is 2.19 bits per heavy atom. The van der Waals surface area contributed by atoms with Crippen LogP contribution >= 0.6 is 0 Å². The second-order valence-electron chi connectivity index (χ2n) is 4.41. The molecule has 0 bridgehead atoms. The summed E-state index contributed by atoms with van der Waals surface area (Å²) in [6.07, 6.45) is 6.37. The fourth-order valence-electron chi connectivity index (χ4n) is 1.97. The van der Waals surface area contributed by atoms with E-state index in [9.17, 15) is 4.39 Å². The molecule has 1 aromatic heterocycles. The first kappa shape index (κ1) is 9.58. The number of hydrogen-bond donors (Lipinski definition) is 0. The molecule has 1 saturated carbocycles. The van der Waals surface area contributed by atoms with Gasteiger partial charge in [-0.05, 0) is 43.5 Å². The quantitative estimate of drug-likeness (QED) is 0.753. The van der Waals surface area contributed by atoms with E-state index in [1.807, 2.05) is 17.8 Å². The van der Waals surface area contributed by atoms with E-state index < -0.39 is 0 Å². The third kappa shape index (κ3) is 1.62. The van der Waals surface area contributed by atoms with Crippen LogP contribution in [0.25, 0.3) is 5.69 Å². The molecule has 1 aliphatic carbocycles. The largest absolute Gasteiger partial charge is 0.306 e. The molecule has 0 aliphatic heterocycles. The van der Waals surface area contributed by atoms with E-state index >= 15 is 0 Å². The van der Waals surface area contributed by atoms with Crippen molar-refractivity contribution in [1.82, 2.24) is 9.55 Å². The van der Waals surface area contributed by atoms with Crippen LogP contribution in [0.2, 0.25) is 0 Å². The molecule has 0 saturated heterocycles. The predicted octanol–water partition coefficient (Wildman–Crippen LogP) is 3.20. The van der Waals surface area contributed by atoms with E-state index in [0.29, 0.717) is 5.92 Å². The number of imidazole rings is 1. The molecule has 2 nitrogen and oxygen atoms in total. The van der Waals surface area contributed by atoms with Crippen molar-refractivity contribution in [3.8, 4) is 5.69 Å². The predicted molar refractivity (Wildman–Crippen MR) is 60.2 cm³/mol. The summed E-state index contributed by atoms with van der Waals surface area (Å²) in [6.45, 7) is 1.91. The normalized spacial score (nSPS) is 15.4. The molecule has 1 aliphatic rings. The Morgan fingerprint density at radius 1 is 1.38 bits per heavy atom. The molecule has 16 heavy (non-hydrogen) atoms. The maximum atomic E-state index is 13.0. The third-order valence-corrected chi connectivity index (χ3v) is 3.04. The lowest BCUT2D eigenvalue weighted by molar-refractivity contribution is 0.626. The van der Waals surface area contributed by atoms with E-state index in [4.69, 9.17) is 0 Å². The summed E-state index contributed by atoms with van der Waals surface area (Å²) in [4.78, 5) is 4.39.